The van der Waals surface area contributed by atoms with Gasteiger partial charge in [-0.05, 0) is 35.4 Å². The number of carbonyl (C=O) groups excluding carboxylic acids is 1. The van der Waals surface area contributed by atoms with Crippen molar-refractivity contribution in [3.05, 3.63) is 53.2 Å². The van der Waals surface area contributed by atoms with Crippen LogP contribution in [0.1, 0.15) is 37.1 Å². The van der Waals surface area contributed by atoms with E-state index in [0.717, 1.165) is 23.5 Å². The molecule has 0 spiro atoms. The number of para-hydroxylation sites is 1. The van der Waals surface area contributed by atoms with Crippen molar-refractivity contribution in [1.82, 2.24) is 10.1 Å². The number of fused-ring (bicyclic) bond motifs is 1. The minimum Gasteiger partial charge on any atom is -0.339 e. The van der Waals surface area contributed by atoms with Crippen LogP contribution in [0.3, 0.4) is 0 Å². The van der Waals surface area contributed by atoms with E-state index in [0.29, 0.717) is 30.5 Å². The fourth-order valence-corrected chi connectivity index (χ4v) is 3.87. The van der Waals surface area contributed by atoms with Crippen LogP contribution < -0.4 is 4.90 Å². The van der Waals surface area contributed by atoms with Crippen LogP contribution in [0.5, 0.6) is 0 Å². The molecular formula is C19H19N3O2S. The summed E-state index contributed by atoms with van der Waals surface area (Å²) in [6.07, 6.45) is 1.83. The van der Waals surface area contributed by atoms with Gasteiger partial charge in [0.25, 0.3) is 0 Å². The first-order chi connectivity index (χ1) is 12.2. The summed E-state index contributed by atoms with van der Waals surface area (Å²) < 4.78 is 5.29. The summed E-state index contributed by atoms with van der Waals surface area (Å²) >= 11 is 1.57. The van der Waals surface area contributed by atoms with E-state index in [-0.39, 0.29) is 5.91 Å². The summed E-state index contributed by atoms with van der Waals surface area (Å²) in [5, 5.41) is 5.97. The zero-order valence-corrected chi connectivity index (χ0v) is 14.8. The van der Waals surface area contributed by atoms with Crippen molar-refractivity contribution in [2.24, 2.45) is 0 Å². The topological polar surface area (TPSA) is 59.2 Å². The highest BCUT2D eigenvalue weighted by atomic mass is 32.1. The second-order valence-electron chi connectivity index (χ2n) is 6.28. The summed E-state index contributed by atoms with van der Waals surface area (Å²) in [7, 11) is 0. The van der Waals surface area contributed by atoms with Crippen molar-refractivity contribution >= 4 is 22.9 Å². The molecule has 1 atom stereocenters. The zero-order valence-electron chi connectivity index (χ0n) is 14.0. The molecule has 1 aliphatic rings. The molecule has 1 aliphatic heterocycles. The van der Waals surface area contributed by atoms with Crippen LogP contribution in [0.4, 0.5) is 5.69 Å². The van der Waals surface area contributed by atoms with E-state index in [2.05, 4.69) is 23.1 Å². The van der Waals surface area contributed by atoms with Gasteiger partial charge in [0, 0.05) is 25.1 Å². The lowest BCUT2D eigenvalue weighted by Crippen LogP contribution is -2.36. The highest BCUT2D eigenvalue weighted by molar-refractivity contribution is 7.13. The molecule has 0 saturated carbocycles. The zero-order chi connectivity index (χ0) is 17.2. The Hall–Kier alpha value is -2.47. The third kappa shape index (κ3) is 3.22. The summed E-state index contributed by atoms with van der Waals surface area (Å²) in [5.74, 6) is 1.70. The minimum atomic E-state index is 0.107. The summed E-state index contributed by atoms with van der Waals surface area (Å²) in [6.45, 7) is 2.98. The quantitative estimate of drug-likeness (QED) is 0.703. The van der Waals surface area contributed by atoms with Crippen LogP contribution in [-0.4, -0.2) is 22.6 Å². The highest BCUT2D eigenvalue weighted by Gasteiger charge is 2.26. The first kappa shape index (κ1) is 16.0. The number of carbonyl (C=O) groups is 1. The minimum absolute atomic E-state index is 0.107. The second kappa shape index (κ2) is 6.80. The van der Waals surface area contributed by atoms with E-state index in [1.807, 2.05) is 40.6 Å². The molecule has 128 valence electrons. The Balaban J connectivity index is 1.44. The molecule has 0 bridgehead atoms. The Labute approximate surface area is 150 Å². The molecule has 1 amide bonds. The van der Waals surface area contributed by atoms with Gasteiger partial charge >= 0.3 is 0 Å². The number of hydrogen-bond acceptors (Lipinski definition) is 5. The van der Waals surface area contributed by atoms with Crippen molar-refractivity contribution in [3.8, 4) is 10.7 Å². The lowest BCUT2D eigenvalue weighted by atomic mass is 9.91. The van der Waals surface area contributed by atoms with Gasteiger partial charge < -0.3 is 9.42 Å². The molecule has 3 aromatic rings. The molecule has 0 fully saturated rings. The number of rotatable bonds is 4. The number of hydrogen-bond donors (Lipinski definition) is 0. The molecule has 3 heterocycles. The number of amides is 1. The lowest BCUT2D eigenvalue weighted by molar-refractivity contribution is -0.118. The Kier molecular flexibility index (Phi) is 4.36. The molecular weight excluding hydrogens is 334 g/mol. The Morgan fingerprint density at radius 3 is 3.04 bits per heavy atom. The lowest BCUT2D eigenvalue weighted by Gasteiger charge is -2.33. The summed E-state index contributed by atoms with van der Waals surface area (Å²) in [4.78, 5) is 20.0. The van der Waals surface area contributed by atoms with Crippen LogP contribution >= 0.6 is 11.3 Å². The van der Waals surface area contributed by atoms with Gasteiger partial charge in [-0.15, -0.1) is 11.3 Å². The number of benzene rings is 1. The average Bonchev–Trinajstić information content (AvgIpc) is 3.32. The largest absolute Gasteiger partial charge is 0.339 e. The first-order valence-corrected chi connectivity index (χ1v) is 9.36. The third-order valence-electron chi connectivity index (χ3n) is 4.61. The molecule has 0 saturated heterocycles. The van der Waals surface area contributed by atoms with Crippen LogP contribution in [0.2, 0.25) is 0 Å². The maximum Gasteiger partial charge on any atom is 0.227 e. The predicted molar refractivity (Wildman–Crippen MR) is 97.8 cm³/mol. The van der Waals surface area contributed by atoms with Gasteiger partial charge in [-0.1, -0.05) is 36.3 Å². The molecule has 1 aromatic carbocycles. The smallest absolute Gasteiger partial charge is 0.227 e. The van der Waals surface area contributed by atoms with Crippen LogP contribution in [-0.2, 0) is 11.2 Å². The van der Waals surface area contributed by atoms with Crippen molar-refractivity contribution in [2.45, 2.75) is 32.1 Å². The van der Waals surface area contributed by atoms with Crippen molar-refractivity contribution in [3.63, 3.8) is 0 Å². The Morgan fingerprint density at radius 2 is 2.20 bits per heavy atom. The standard InChI is InChI=1S/C19H19N3O2S/c1-13-10-11-22(15-6-3-2-5-14(13)15)18(23)9-8-17-20-19(21-24-17)16-7-4-12-25-16/h2-7,12-13H,8-11H2,1H3. The number of nitrogens with zero attached hydrogens (tertiary/aromatic N) is 3. The molecule has 4 rings (SSSR count). The maximum absolute atomic E-state index is 12.7. The van der Waals surface area contributed by atoms with Crippen LogP contribution in [0.25, 0.3) is 10.7 Å². The van der Waals surface area contributed by atoms with Gasteiger partial charge in [0.15, 0.2) is 0 Å². The number of aromatic nitrogens is 2. The third-order valence-corrected chi connectivity index (χ3v) is 5.47. The average molecular weight is 353 g/mol. The summed E-state index contributed by atoms with van der Waals surface area (Å²) in [5.41, 5.74) is 2.29. The molecule has 0 radical (unpaired) electrons. The summed E-state index contributed by atoms with van der Waals surface area (Å²) in [6, 6.07) is 12.1. The SMILES string of the molecule is CC1CCN(C(=O)CCc2nc(-c3cccs3)no2)c2ccccc21. The van der Waals surface area contributed by atoms with E-state index < -0.39 is 0 Å². The molecule has 2 aromatic heterocycles. The van der Waals surface area contributed by atoms with Crippen LogP contribution in [0, 0.1) is 0 Å². The van der Waals surface area contributed by atoms with E-state index in [1.165, 1.54) is 5.56 Å². The predicted octanol–water partition coefficient (Wildman–Crippen LogP) is 4.27. The first-order valence-electron chi connectivity index (χ1n) is 8.48. The van der Waals surface area contributed by atoms with Crippen molar-refractivity contribution < 1.29 is 9.32 Å². The van der Waals surface area contributed by atoms with E-state index in [1.54, 1.807) is 11.3 Å². The molecule has 0 N–H and O–H groups in total. The van der Waals surface area contributed by atoms with Gasteiger partial charge in [0.2, 0.25) is 17.6 Å². The van der Waals surface area contributed by atoms with Crippen molar-refractivity contribution in [1.29, 1.82) is 0 Å². The second-order valence-corrected chi connectivity index (χ2v) is 7.23. The number of anilines is 1. The molecule has 5 nitrogen and oxygen atoms in total. The van der Waals surface area contributed by atoms with Crippen molar-refractivity contribution in [2.75, 3.05) is 11.4 Å². The maximum atomic E-state index is 12.7. The van der Waals surface area contributed by atoms with Gasteiger partial charge in [0.05, 0.1) is 4.88 Å². The van der Waals surface area contributed by atoms with Gasteiger partial charge in [-0.25, -0.2) is 0 Å². The molecule has 1 unspecified atom stereocenters. The van der Waals surface area contributed by atoms with Gasteiger partial charge in [-0.2, -0.15) is 4.98 Å². The Morgan fingerprint density at radius 1 is 1.32 bits per heavy atom. The molecule has 25 heavy (non-hydrogen) atoms. The molecule has 6 heteroatoms. The van der Waals surface area contributed by atoms with Gasteiger partial charge in [-0.3, -0.25) is 4.79 Å². The van der Waals surface area contributed by atoms with E-state index in [4.69, 9.17) is 4.52 Å². The molecule has 0 aliphatic carbocycles. The van der Waals surface area contributed by atoms with Crippen LogP contribution in [0.15, 0.2) is 46.3 Å². The number of thiophene rings is 1. The normalized spacial score (nSPS) is 16.7. The fraction of sp³-hybridized carbons (Fsp3) is 0.316. The highest BCUT2D eigenvalue weighted by Crippen LogP contribution is 2.35. The van der Waals surface area contributed by atoms with Gasteiger partial charge in [0.1, 0.15) is 0 Å². The van der Waals surface area contributed by atoms with E-state index in [9.17, 15) is 4.79 Å². The monoisotopic (exact) mass is 353 g/mol. The van der Waals surface area contributed by atoms with E-state index >= 15 is 0 Å². The fourth-order valence-electron chi connectivity index (χ4n) is 3.22. The number of aryl methyl sites for hydroxylation is 1. The Bertz CT molecular complexity index is 872.